The van der Waals surface area contributed by atoms with Gasteiger partial charge in [-0.15, -0.1) is 5.10 Å². The molecule has 0 saturated heterocycles. The Morgan fingerprint density at radius 1 is 1.30 bits per heavy atom. The summed E-state index contributed by atoms with van der Waals surface area (Å²) in [7, 11) is 0. The van der Waals surface area contributed by atoms with Gasteiger partial charge in [0, 0.05) is 31.0 Å². The number of nitrogens with zero attached hydrogens (tertiary/aromatic N) is 3. The van der Waals surface area contributed by atoms with E-state index >= 15 is 0 Å². The van der Waals surface area contributed by atoms with Crippen LogP contribution in [0, 0.1) is 23.2 Å². The zero-order valence-corrected chi connectivity index (χ0v) is 17.8. The summed E-state index contributed by atoms with van der Waals surface area (Å²) < 4.78 is 1.10. The zero-order valence-electron chi connectivity index (χ0n) is 17.8. The molecule has 8 nitrogen and oxygen atoms in total. The van der Waals surface area contributed by atoms with E-state index in [0.29, 0.717) is 35.4 Å². The monoisotopic (exact) mass is 410 g/mol. The van der Waals surface area contributed by atoms with E-state index in [1.54, 1.807) is 12.4 Å². The van der Waals surface area contributed by atoms with Gasteiger partial charge in [0.2, 0.25) is 5.91 Å². The number of hydrogen-bond donors (Lipinski definition) is 3. The molecule has 4 atom stereocenters. The fraction of sp³-hybridized carbons (Fsp3) is 0.545. The lowest BCUT2D eigenvalue weighted by Gasteiger charge is -2.62. The fourth-order valence-corrected chi connectivity index (χ4v) is 5.17. The summed E-state index contributed by atoms with van der Waals surface area (Å²) in [5.41, 5.74) is 7.66. The quantitative estimate of drug-likeness (QED) is 0.671. The first-order chi connectivity index (χ1) is 14.3. The van der Waals surface area contributed by atoms with Gasteiger partial charge < -0.3 is 16.4 Å². The van der Waals surface area contributed by atoms with Crippen molar-refractivity contribution in [3.8, 4) is 0 Å². The fourth-order valence-electron chi connectivity index (χ4n) is 5.17. The molecule has 2 bridgehead atoms. The van der Waals surface area contributed by atoms with Crippen LogP contribution < -0.4 is 21.9 Å². The van der Waals surface area contributed by atoms with Gasteiger partial charge in [0.1, 0.15) is 6.54 Å². The number of fused-ring (bicyclic) bond motifs is 2. The van der Waals surface area contributed by atoms with E-state index in [-0.39, 0.29) is 29.9 Å². The molecule has 3 saturated carbocycles. The Labute approximate surface area is 176 Å². The number of nitrogen functional groups attached to an aromatic ring is 1. The van der Waals surface area contributed by atoms with Crippen molar-refractivity contribution in [3.63, 3.8) is 0 Å². The van der Waals surface area contributed by atoms with Crippen molar-refractivity contribution < 1.29 is 4.79 Å². The highest BCUT2D eigenvalue weighted by Gasteiger charge is 2.56. The molecule has 0 unspecified atom stereocenters. The van der Waals surface area contributed by atoms with Crippen molar-refractivity contribution in [1.82, 2.24) is 20.1 Å². The summed E-state index contributed by atoms with van der Waals surface area (Å²) in [5.74, 6) is 1.83. The van der Waals surface area contributed by atoms with Gasteiger partial charge in [0.25, 0.3) is 5.56 Å². The van der Waals surface area contributed by atoms with Gasteiger partial charge in [-0.2, -0.15) is 0 Å². The number of hydrogen-bond acceptors (Lipinski definition) is 6. The molecular weight excluding hydrogens is 380 g/mol. The summed E-state index contributed by atoms with van der Waals surface area (Å²) in [6, 6.07) is 5.38. The lowest BCUT2D eigenvalue weighted by Crippen LogP contribution is -2.58. The Morgan fingerprint density at radius 3 is 2.70 bits per heavy atom. The molecule has 4 N–H and O–H groups in total. The number of pyridine rings is 1. The molecule has 0 radical (unpaired) electrons. The van der Waals surface area contributed by atoms with Gasteiger partial charge in [-0.05, 0) is 53.7 Å². The standard InChI is InChI=1S/C22H30N6O2/c1-13-16-8-15(22(16,2)3)9-17(13)26-18-10-20(30)28(27-21(18)23)12-19(29)25-11-14-4-6-24-7-5-14/h4-7,10,13,15-17,26H,8-9,11-12H2,1-3H3,(H2,23,27)(H,25,29)/t13-,15+,16-,17-/m1/s1. The van der Waals surface area contributed by atoms with Crippen LogP contribution in [0.15, 0.2) is 35.4 Å². The number of nitrogens with one attached hydrogen (secondary N) is 2. The van der Waals surface area contributed by atoms with E-state index in [1.165, 1.54) is 12.5 Å². The second-order valence-electron chi connectivity index (χ2n) is 9.28. The smallest absolute Gasteiger partial charge is 0.269 e. The number of nitrogens with two attached hydrogens (primary N) is 1. The minimum atomic E-state index is -0.347. The van der Waals surface area contributed by atoms with Crippen molar-refractivity contribution in [3.05, 3.63) is 46.5 Å². The molecule has 1 amide bonds. The van der Waals surface area contributed by atoms with E-state index < -0.39 is 0 Å². The van der Waals surface area contributed by atoms with Crippen molar-refractivity contribution in [2.24, 2.45) is 23.2 Å². The van der Waals surface area contributed by atoms with Crippen LogP contribution in [0.25, 0.3) is 0 Å². The van der Waals surface area contributed by atoms with Crippen molar-refractivity contribution in [2.45, 2.75) is 52.7 Å². The number of anilines is 2. The first-order valence-electron chi connectivity index (χ1n) is 10.6. The molecule has 30 heavy (non-hydrogen) atoms. The van der Waals surface area contributed by atoms with E-state index in [9.17, 15) is 9.59 Å². The highest BCUT2D eigenvalue weighted by atomic mass is 16.2. The number of aromatic nitrogens is 3. The second kappa shape index (κ2) is 7.74. The minimum Gasteiger partial charge on any atom is -0.381 e. The Kier molecular flexibility index (Phi) is 5.26. The van der Waals surface area contributed by atoms with Gasteiger partial charge in [0.05, 0.1) is 5.69 Å². The average Bonchev–Trinajstić information content (AvgIpc) is 2.71. The molecule has 0 aliphatic heterocycles. The predicted molar refractivity (Wildman–Crippen MR) is 116 cm³/mol. The number of rotatable bonds is 6. The summed E-state index contributed by atoms with van der Waals surface area (Å²) in [6.07, 6.45) is 5.69. The zero-order chi connectivity index (χ0) is 21.5. The molecule has 8 heteroatoms. The van der Waals surface area contributed by atoms with Crippen LogP contribution in [0.3, 0.4) is 0 Å². The van der Waals surface area contributed by atoms with Crippen LogP contribution in [0.1, 0.15) is 39.2 Å². The Balaban J connectivity index is 1.39. The highest BCUT2D eigenvalue weighted by Crippen LogP contribution is 2.61. The van der Waals surface area contributed by atoms with Crippen LogP contribution in [-0.2, 0) is 17.9 Å². The number of carbonyl (C=O) groups is 1. The SMILES string of the molecule is C[C@@H]1[C@H]2C[C@@H](C[C@H]1Nc1cc(=O)n(CC(=O)NCc3ccncc3)nc1N)C2(C)C. The molecular formula is C22H30N6O2. The van der Waals surface area contributed by atoms with Gasteiger partial charge in [-0.25, -0.2) is 4.68 Å². The van der Waals surface area contributed by atoms with Crippen LogP contribution in [0.2, 0.25) is 0 Å². The Morgan fingerprint density at radius 2 is 2.03 bits per heavy atom. The second-order valence-corrected chi connectivity index (χ2v) is 9.28. The van der Waals surface area contributed by atoms with Crippen LogP contribution >= 0.6 is 0 Å². The van der Waals surface area contributed by atoms with Gasteiger partial charge in [0.15, 0.2) is 5.82 Å². The molecule has 2 aromatic heterocycles. The minimum absolute atomic E-state index is 0.174. The maximum Gasteiger partial charge on any atom is 0.269 e. The number of carbonyl (C=O) groups excluding carboxylic acids is 1. The van der Waals surface area contributed by atoms with Crippen molar-refractivity contribution in [1.29, 1.82) is 0 Å². The maximum absolute atomic E-state index is 12.5. The third-order valence-corrected chi connectivity index (χ3v) is 7.25. The van der Waals surface area contributed by atoms with Gasteiger partial charge in [-0.1, -0.05) is 20.8 Å². The largest absolute Gasteiger partial charge is 0.381 e. The molecule has 3 aliphatic rings. The molecule has 2 heterocycles. The Bertz CT molecular complexity index is 987. The topological polar surface area (TPSA) is 115 Å². The predicted octanol–water partition coefficient (Wildman–Crippen LogP) is 2.02. The normalized spacial score (nSPS) is 26.5. The van der Waals surface area contributed by atoms with Crippen LogP contribution in [0.4, 0.5) is 11.5 Å². The lowest BCUT2D eigenvalue weighted by atomic mass is 9.45. The third kappa shape index (κ3) is 3.78. The van der Waals surface area contributed by atoms with Crippen LogP contribution in [0.5, 0.6) is 0 Å². The maximum atomic E-state index is 12.5. The first kappa shape index (κ1) is 20.4. The summed E-state index contributed by atoms with van der Waals surface area (Å²) in [5, 5.41) is 10.4. The summed E-state index contributed by atoms with van der Waals surface area (Å²) in [6.45, 7) is 7.18. The molecule has 5 rings (SSSR count). The van der Waals surface area contributed by atoms with Crippen LogP contribution in [-0.4, -0.2) is 26.7 Å². The molecule has 0 aromatic carbocycles. The van der Waals surface area contributed by atoms with Gasteiger partial charge in [-0.3, -0.25) is 14.6 Å². The molecule has 3 fully saturated rings. The molecule has 160 valence electrons. The summed E-state index contributed by atoms with van der Waals surface area (Å²) in [4.78, 5) is 28.7. The summed E-state index contributed by atoms with van der Waals surface area (Å²) >= 11 is 0. The van der Waals surface area contributed by atoms with E-state index in [1.807, 2.05) is 12.1 Å². The lowest BCUT2D eigenvalue weighted by molar-refractivity contribution is -0.122. The molecule has 3 aliphatic carbocycles. The molecule has 0 spiro atoms. The molecule has 2 aromatic rings. The van der Waals surface area contributed by atoms with Gasteiger partial charge >= 0.3 is 0 Å². The number of amides is 1. The Hall–Kier alpha value is -2.90. The van der Waals surface area contributed by atoms with Crippen molar-refractivity contribution in [2.75, 3.05) is 11.1 Å². The van der Waals surface area contributed by atoms with E-state index in [4.69, 9.17) is 5.73 Å². The van der Waals surface area contributed by atoms with Crippen molar-refractivity contribution >= 4 is 17.4 Å². The highest BCUT2D eigenvalue weighted by molar-refractivity contribution is 5.75. The van der Waals surface area contributed by atoms with E-state index in [2.05, 4.69) is 41.5 Å². The van der Waals surface area contributed by atoms with E-state index in [0.717, 1.165) is 16.7 Å². The first-order valence-corrected chi connectivity index (χ1v) is 10.6. The third-order valence-electron chi connectivity index (χ3n) is 7.25. The average molecular weight is 411 g/mol.